The third kappa shape index (κ3) is 5.29. The van der Waals surface area contributed by atoms with Crippen molar-refractivity contribution in [2.45, 2.75) is 15.2 Å². The molecule has 0 bridgehead atoms. The number of nitrogens with zero attached hydrogens (tertiary/aromatic N) is 3. The molecule has 2 heterocycles. The van der Waals surface area contributed by atoms with Crippen molar-refractivity contribution in [1.82, 2.24) is 9.97 Å². The molecule has 8 aromatic carbocycles. The van der Waals surface area contributed by atoms with E-state index in [1.807, 2.05) is 36.0 Å². The number of rotatable bonds is 5. The van der Waals surface area contributed by atoms with Gasteiger partial charge >= 0.3 is 0 Å². The first kappa shape index (κ1) is 34.0. The predicted molar refractivity (Wildman–Crippen MR) is 235 cm³/mol. The second kappa shape index (κ2) is 13.7. The number of hydrogen-bond acceptors (Lipinski definition) is 4. The molecule has 1 unspecified atom stereocenters. The van der Waals surface area contributed by atoms with E-state index in [1.165, 1.54) is 49.4 Å². The van der Waals surface area contributed by atoms with Gasteiger partial charge in [-0.2, -0.15) is 5.26 Å². The highest BCUT2D eigenvalue weighted by atomic mass is 32.2. The van der Waals surface area contributed by atoms with E-state index >= 15 is 0 Å². The van der Waals surface area contributed by atoms with E-state index in [-0.39, 0.29) is 0 Å². The molecule has 1 aliphatic carbocycles. The van der Waals surface area contributed by atoms with Gasteiger partial charge in [0.2, 0.25) is 0 Å². The lowest BCUT2D eigenvalue weighted by atomic mass is 9.67. The summed E-state index contributed by atoms with van der Waals surface area (Å²) < 4.78 is 0. The van der Waals surface area contributed by atoms with Crippen LogP contribution in [0.4, 0.5) is 0 Å². The van der Waals surface area contributed by atoms with Gasteiger partial charge in [-0.05, 0) is 79.9 Å². The zero-order valence-electron chi connectivity index (χ0n) is 31.3. The standard InChI is InChI=1S/C54H33N3S/c55-34-35-25-27-38(28-26-35)41-18-11-22-46-51(41)42-17-7-8-20-44(42)54(46)45-21-9-10-24-50(45)58-52-43(19-12-23-47(52)54)53-56-48(39-15-5-2-6-16-39)33-49(57-53)40-31-29-37(30-32-40)36-13-3-1-4-14-36/h1-33H. The normalized spacial score (nSPS) is 14.5. The molecule has 0 saturated heterocycles. The van der Waals surface area contributed by atoms with Crippen LogP contribution in [0.2, 0.25) is 0 Å². The van der Waals surface area contributed by atoms with E-state index in [9.17, 15) is 5.26 Å². The Morgan fingerprint density at radius 3 is 1.66 bits per heavy atom. The van der Waals surface area contributed by atoms with Crippen LogP contribution in [0.5, 0.6) is 0 Å². The highest BCUT2D eigenvalue weighted by Crippen LogP contribution is 2.64. The van der Waals surface area contributed by atoms with Gasteiger partial charge in [-0.1, -0.05) is 188 Å². The summed E-state index contributed by atoms with van der Waals surface area (Å²) in [5.74, 6) is 0.695. The van der Waals surface area contributed by atoms with Crippen molar-refractivity contribution in [2.24, 2.45) is 0 Å². The molecule has 3 nitrogen and oxygen atoms in total. The van der Waals surface area contributed by atoms with Crippen molar-refractivity contribution >= 4 is 11.8 Å². The van der Waals surface area contributed by atoms with Crippen molar-refractivity contribution in [3.8, 4) is 73.4 Å². The Labute approximate surface area is 342 Å². The molecule has 0 amide bonds. The van der Waals surface area contributed by atoms with E-state index in [2.05, 4.69) is 182 Å². The van der Waals surface area contributed by atoms with Crippen LogP contribution in [0.3, 0.4) is 0 Å². The van der Waals surface area contributed by atoms with Crippen molar-refractivity contribution in [3.63, 3.8) is 0 Å². The molecule has 1 spiro atoms. The first-order valence-corrected chi connectivity index (χ1v) is 20.3. The number of benzene rings is 8. The van der Waals surface area contributed by atoms with Gasteiger partial charge in [-0.3, -0.25) is 0 Å². The van der Waals surface area contributed by atoms with Crippen molar-refractivity contribution < 1.29 is 0 Å². The summed E-state index contributed by atoms with van der Waals surface area (Å²) in [6.07, 6.45) is 0. The van der Waals surface area contributed by atoms with Crippen LogP contribution in [0.15, 0.2) is 210 Å². The topological polar surface area (TPSA) is 49.6 Å². The maximum absolute atomic E-state index is 9.58. The molecule has 270 valence electrons. The molecule has 1 atom stereocenters. The highest BCUT2D eigenvalue weighted by molar-refractivity contribution is 7.99. The van der Waals surface area contributed by atoms with E-state index < -0.39 is 5.41 Å². The number of aromatic nitrogens is 2. The van der Waals surface area contributed by atoms with Gasteiger partial charge in [0.15, 0.2) is 5.82 Å². The summed E-state index contributed by atoms with van der Waals surface area (Å²) in [5, 5.41) is 9.58. The number of fused-ring (bicyclic) bond motifs is 9. The fourth-order valence-electron chi connectivity index (χ4n) is 9.05. The highest BCUT2D eigenvalue weighted by Gasteiger charge is 2.51. The summed E-state index contributed by atoms with van der Waals surface area (Å²) in [6, 6.07) is 73.1. The smallest absolute Gasteiger partial charge is 0.161 e. The molecule has 9 aromatic rings. The van der Waals surface area contributed by atoms with Crippen LogP contribution in [0.25, 0.3) is 67.3 Å². The Morgan fingerprint density at radius 1 is 0.414 bits per heavy atom. The molecule has 1 aliphatic heterocycles. The predicted octanol–water partition coefficient (Wildman–Crippen LogP) is 13.5. The maximum Gasteiger partial charge on any atom is 0.161 e. The molecule has 2 aliphatic rings. The Morgan fingerprint density at radius 2 is 0.931 bits per heavy atom. The molecule has 0 saturated carbocycles. The molecule has 1 aromatic heterocycles. The van der Waals surface area contributed by atoms with E-state index in [0.29, 0.717) is 11.4 Å². The molecule has 0 fully saturated rings. The molecular weight excluding hydrogens is 723 g/mol. The molecule has 0 N–H and O–H groups in total. The van der Waals surface area contributed by atoms with Gasteiger partial charge in [-0.15, -0.1) is 0 Å². The van der Waals surface area contributed by atoms with Crippen molar-refractivity contribution in [1.29, 1.82) is 5.26 Å². The Hall–Kier alpha value is -7.32. The van der Waals surface area contributed by atoms with Crippen molar-refractivity contribution in [2.75, 3.05) is 0 Å². The second-order valence-corrected chi connectivity index (χ2v) is 15.8. The Balaban J connectivity index is 1.15. The van der Waals surface area contributed by atoms with Gasteiger partial charge in [0.25, 0.3) is 0 Å². The van der Waals surface area contributed by atoms with Crippen molar-refractivity contribution in [3.05, 3.63) is 228 Å². The SMILES string of the molecule is N#Cc1ccc(-c2cccc3c2-c2ccccc2C32c3ccccc3Sc3c(-c4nc(-c5ccccc5)cc(-c5ccc(-c6ccccc6)cc5)n4)cccc32)cc1. The lowest BCUT2D eigenvalue weighted by molar-refractivity contribution is 0.723. The van der Waals surface area contributed by atoms with Crippen LogP contribution in [0.1, 0.15) is 27.8 Å². The summed E-state index contributed by atoms with van der Waals surface area (Å²) in [7, 11) is 0. The minimum absolute atomic E-state index is 0.588. The van der Waals surface area contributed by atoms with Crippen LogP contribution < -0.4 is 0 Å². The Kier molecular flexibility index (Phi) is 8.03. The zero-order chi connectivity index (χ0) is 38.6. The fraction of sp³-hybridized carbons (Fsp3) is 0.0185. The van der Waals surface area contributed by atoms with E-state index in [1.54, 1.807) is 0 Å². The van der Waals surface area contributed by atoms with Gasteiger partial charge in [-0.25, -0.2) is 9.97 Å². The zero-order valence-corrected chi connectivity index (χ0v) is 32.1. The average Bonchev–Trinajstić information content (AvgIpc) is 3.60. The molecule has 11 rings (SSSR count). The van der Waals surface area contributed by atoms with Crippen LogP contribution in [0, 0.1) is 11.3 Å². The second-order valence-electron chi connectivity index (χ2n) is 14.8. The van der Waals surface area contributed by atoms with E-state index in [0.717, 1.165) is 44.1 Å². The van der Waals surface area contributed by atoms with Crippen LogP contribution >= 0.6 is 11.8 Å². The van der Waals surface area contributed by atoms with Gasteiger partial charge < -0.3 is 0 Å². The molecule has 4 heteroatoms. The summed E-state index contributed by atoms with van der Waals surface area (Å²) in [4.78, 5) is 13.1. The number of hydrogen-bond donors (Lipinski definition) is 0. The largest absolute Gasteiger partial charge is 0.228 e. The third-order valence-corrected chi connectivity index (χ3v) is 12.9. The van der Waals surface area contributed by atoms with Crippen LogP contribution in [-0.4, -0.2) is 9.97 Å². The maximum atomic E-state index is 9.58. The number of nitriles is 1. The first-order chi connectivity index (χ1) is 28.7. The fourth-order valence-corrected chi connectivity index (χ4v) is 10.3. The monoisotopic (exact) mass is 755 g/mol. The summed E-state index contributed by atoms with van der Waals surface area (Å²) in [5.41, 5.74) is 16.9. The van der Waals surface area contributed by atoms with Gasteiger partial charge in [0.05, 0.1) is 28.4 Å². The minimum Gasteiger partial charge on any atom is -0.228 e. The first-order valence-electron chi connectivity index (χ1n) is 19.5. The molecular formula is C54H33N3S. The van der Waals surface area contributed by atoms with E-state index in [4.69, 9.17) is 9.97 Å². The summed E-state index contributed by atoms with van der Waals surface area (Å²) in [6.45, 7) is 0. The van der Waals surface area contributed by atoms with Gasteiger partial charge in [0, 0.05) is 26.5 Å². The quantitative estimate of drug-likeness (QED) is 0.175. The average molecular weight is 756 g/mol. The molecule has 0 radical (unpaired) electrons. The molecule has 58 heavy (non-hydrogen) atoms. The summed E-state index contributed by atoms with van der Waals surface area (Å²) >= 11 is 1.81. The minimum atomic E-state index is -0.588. The lowest BCUT2D eigenvalue weighted by Crippen LogP contribution is -2.32. The van der Waals surface area contributed by atoms with Crippen LogP contribution in [-0.2, 0) is 5.41 Å². The lowest BCUT2D eigenvalue weighted by Gasteiger charge is -2.40. The third-order valence-electron chi connectivity index (χ3n) is 11.6. The Bertz CT molecular complexity index is 3080. The van der Waals surface area contributed by atoms with Gasteiger partial charge in [0.1, 0.15) is 0 Å².